The maximum Gasteiger partial charge on any atom is 0.235 e. The van der Waals surface area contributed by atoms with Crippen molar-refractivity contribution < 1.29 is 4.79 Å². The van der Waals surface area contributed by atoms with E-state index < -0.39 is 5.41 Å². The van der Waals surface area contributed by atoms with Crippen LogP contribution in [0.15, 0.2) is 59.5 Å². The van der Waals surface area contributed by atoms with E-state index >= 15 is 0 Å². The Kier molecular flexibility index (Phi) is 6.38. The van der Waals surface area contributed by atoms with Gasteiger partial charge in [-0.15, -0.1) is 11.8 Å². The molecule has 1 heterocycles. The van der Waals surface area contributed by atoms with Crippen LogP contribution in [0.1, 0.15) is 31.7 Å². The molecule has 1 saturated heterocycles. The van der Waals surface area contributed by atoms with E-state index in [0.29, 0.717) is 0 Å². The van der Waals surface area contributed by atoms with Gasteiger partial charge in [0.2, 0.25) is 5.91 Å². The number of rotatable bonds is 5. The lowest BCUT2D eigenvalue weighted by Crippen LogP contribution is -2.41. The van der Waals surface area contributed by atoms with Crippen molar-refractivity contribution >= 4 is 23.4 Å². The van der Waals surface area contributed by atoms with Gasteiger partial charge in [-0.3, -0.25) is 4.79 Å². The molecule has 3 rings (SSSR count). The van der Waals surface area contributed by atoms with Gasteiger partial charge in [-0.1, -0.05) is 37.3 Å². The number of nitrogens with one attached hydrogen (secondary N) is 1. The molecule has 0 aromatic heterocycles. The fourth-order valence-corrected chi connectivity index (χ4v) is 4.24. The number of hydrogen-bond acceptors (Lipinski definition) is 3. The Balaban J connectivity index is 1.88. The van der Waals surface area contributed by atoms with Crippen LogP contribution < -0.4 is 5.32 Å². The van der Waals surface area contributed by atoms with Gasteiger partial charge in [0.05, 0.1) is 5.41 Å². The summed E-state index contributed by atoms with van der Waals surface area (Å²) >= 11 is 1.71. The van der Waals surface area contributed by atoms with Gasteiger partial charge in [0, 0.05) is 10.6 Å². The summed E-state index contributed by atoms with van der Waals surface area (Å²) in [4.78, 5) is 17.1. The Hall–Kier alpha value is -1.78. The van der Waals surface area contributed by atoms with Crippen molar-refractivity contribution in [3.05, 3.63) is 60.2 Å². The number of hydrogen-bond donors (Lipinski definition) is 1. The standard InChI is InChI=1S/C22H28N2OS/c1-3-24-16-7-14-22(15-17-24,18-8-5-4-6-9-18)21(25)23-19-10-12-20(26-2)13-11-19/h4-6,8-13H,3,7,14-17H2,1-2H3,(H,23,25). The maximum absolute atomic E-state index is 13.5. The Bertz CT molecular complexity index is 717. The van der Waals surface area contributed by atoms with Crippen LogP contribution in [-0.2, 0) is 10.2 Å². The molecule has 0 saturated carbocycles. The van der Waals surface area contributed by atoms with Gasteiger partial charge in [0.25, 0.3) is 0 Å². The van der Waals surface area contributed by atoms with E-state index in [0.717, 1.165) is 50.1 Å². The smallest absolute Gasteiger partial charge is 0.235 e. The number of thioether (sulfide) groups is 1. The molecule has 138 valence electrons. The second-order valence-corrected chi connectivity index (χ2v) is 7.80. The highest BCUT2D eigenvalue weighted by molar-refractivity contribution is 7.98. The fraction of sp³-hybridized carbons (Fsp3) is 0.409. The summed E-state index contributed by atoms with van der Waals surface area (Å²) in [7, 11) is 0. The van der Waals surface area contributed by atoms with E-state index in [-0.39, 0.29) is 5.91 Å². The summed E-state index contributed by atoms with van der Waals surface area (Å²) < 4.78 is 0. The molecule has 1 amide bonds. The van der Waals surface area contributed by atoms with Crippen molar-refractivity contribution in [2.24, 2.45) is 0 Å². The number of benzene rings is 2. The molecule has 0 aliphatic carbocycles. The van der Waals surface area contributed by atoms with Crippen LogP contribution in [0.4, 0.5) is 5.69 Å². The summed E-state index contributed by atoms with van der Waals surface area (Å²) in [6.07, 6.45) is 4.85. The number of carbonyl (C=O) groups excluding carboxylic acids is 1. The highest BCUT2D eigenvalue weighted by atomic mass is 32.2. The Morgan fingerprint density at radius 3 is 2.46 bits per heavy atom. The van der Waals surface area contributed by atoms with E-state index in [1.165, 1.54) is 4.90 Å². The predicted molar refractivity (Wildman–Crippen MR) is 111 cm³/mol. The number of anilines is 1. The van der Waals surface area contributed by atoms with Crippen LogP contribution in [-0.4, -0.2) is 36.7 Å². The second kappa shape index (κ2) is 8.74. The van der Waals surface area contributed by atoms with Gasteiger partial charge in [-0.05, 0) is 75.0 Å². The molecule has 1 aliphatic rings. The zero-order chi connectivity index (χ0) is 18.4. The van der Waals surface area contributed by atoms with Gasteiger partial charge in [-0.25, -0.2) is 0 Å². The van der Waals surface area contributed by atoms with E-state index in [1.807, 2.05) is 30.3 Å². The summed E-state index contributed by atoms with van der Waals surface area (Å²) in [6.45, 7) is 5.27. The van der Waals surface area contributed by atoms with Gasteiger partial charge >= 0.3 is 0 Å². The van der Waals surface area contributed by atoms with Crippen LogP contribution in [0.3, 0.4) is 0 Å². The van der Waals surface area contributed by atoms with E-state index in [9.17, 15) is 4.79 Å². The predicted octanol–water partition coefficient (Wildman–Crippen LogP) is 4.79. The average molecular weight is 369 g/mol. The van der Waals surface area contributed by atoms with Gasteiger partial charge in [0.15, 0.2) is 0 Å². The van der Waals surface area contributed by atoms with Crippen molar-refractivity contribution in [1.29, 1.82) is 0 Å². The van der Waals surface area contributed by atoms with Crippen molar-refractivity contribution in [1.82, 2.24) is 4.90 Å². The molecular formula is C22H28N2OS. The second-order valence-electron chi connectivity index (χ2n) is 6.92. The monoisotopic (exact) mass is 368 g/mol. The van der Waals surface area contributed by atoms with Crippen LogP contribution >= 0.6 is 11.8 Å². The highest BCUT2D eigenvalue weighted by Gasteiger charge is 2.41. The number of nitrogens with zero attached hydrogens (tertiary/aromatic N) is 1. The molecule has 2 aromatic carbocycles. The lowest BCUT2D eigenvalue weighted by molar-refractivity contribution is -0.122. The quantitative estimate of drug-likeness (QED) is 0.770. The third-order valence-corrected chi connectivity index (χ3v) is 6.23. The molecule has 1 N–H and O–H groups in total. The normalized spacial score (nSPS) is 21.2. The molecule has 1 atom stereocenters. The summed E-state index contributed by atoms with van der Waals surface area (Å²) in [5.41, 5.74) is 1.56. The first-order valence-corrected chi connectivity index (χ1v) is 10.6. The largest absolute Gasteiger partial charge is 0.325 e. The van der Waals surface area contributed by atoms with E-state index in [2.05, 4.69) is 47.7 Å². The Morgan fingerprint density at radius 1 is 1.08 bits per heavy atom. The lowest BCUT2D eigenvalue weighted by Gasteiger charge is -2.32. The Labute approximate surface area is 161 Å². The molecular weight excluding hydrogens is 340 g/mol. The topological polar surface area (TPSA) is 32.3 Å². The average Bonchev–Trinajstić information content (AvgIpc) is 2.93. The molecule has 0 spiro atoms. The van der Waals surface area contributed by atoms with Crippen molar-refractivity contribution in [3.63, 3.8) is 0 Å². The third kappa shape index (κ3) is 4.13. The van der Waals surface area contributed by atoms with Crippen LogP contribution in [0.2, 0.25) is 0 Å². The number of amides is 1. The molecule has 2 aromatic rings. The first-order valence-electron chi connectivity index (χ1n) is 9.41. The molecule has 0 radical (unpaired) electrons. The van der Waals surface area contributed by atoms with Crippen molar-refractivity contribution in [2.75, 3.05) is 31.2 Å². The first kappa shape index (κ1) is 19.0. The minimum absolute atomic E-state index is 0.124. The first-order chi connectivity index (χ1) is 12.7. The highest BCUT2D eigenvalue weighted by Crippen LogP contribution is 2.37. The zero-order valence-corrected chi connectivity index (χ0v) is 16.5. The molecule has 1 fully saturated rings. The molecule has 3 nitrogen and oxygen atoms in total. The molecule has 1 unspecified atom stereocenters. The van der Waals surface area contributed by atoms with Crippen LogP contribution in [0.25, 0.3) is 0 Å². The minimum Gasteiger partial charge on any atom is -0.325 e. The summed E-state index contributed by atoms with van der Waals surface area (Å²) in [6, 6.07) is 18.4. The van der Waals surface area contributed by atoms with E-state index in [1.54, 1.807) is 11.8 Å². The molecule has 26 heavy (non-hydrogen) atoms. The molecule has 1 aliphatic heterocycles. The van der Waals surface area contributed by atoms with Crippen LogP contribution in [0.5, 0.6) is 0 Å². The van der Waals surface area contributed by atoms with Gasteiger partial charge in [-0.2, -0.15) is 0 Å². The SMILES string of the molecule is CCN1CCCC(C(=O)Nc2ccc(SC)cc2)(c2ccccc2)CC1. The third-order valence-electron chi connectivity index (χ3n) is 5.49. The van der Waals surface area contributed by atoms with Gasteiger partial charge in [0.1, 0.15) is 0 Å². The van der Waals surface area contributed by atoms with E-state index in [4.69, 9.17) is 0 Å². The number of carbonyl (C=O) groups is 1. The zero-order valence-electron chi connectivity index (χ0n) is 15.7. The fourth-order valence-electron chi connectivity index (χ4n) is 3.84. The van der Waals surface area contributed by atoms with Crippen molar-refractivity contribution in [2.45, 2.75) is 36.5 Å². The van der Waals surface area contributed by atoms with Crippen molar-refractivity contribution in [3.8, 4) is 0 Å². The Morgan fingerprint density at radius 2 is 1.81 bits per heavy atom. The maximum atomic E-state index is 13.5. The lowest BCUT2D eigenvalue weighted by atomic mass is 9.73. The minimum atomic E-state index is -0.455. The summed E-state index contributed by atoms with van der Waals surface area (Å²) in [5, 5.41) is 3.20. The molecule has 4 heteroatoms. The van der Waals surface area contributed by atoms with Gasteiger partial charge < -0.3 is 10.2 Å². The van der Waals surface area contributed by atoms with Crippen LogP contribution in [0, 0.1) is 0 Å². The molecule has 0 bridgehead atoms. The number of likely N-dealkylation sites (tertiary alicyclic amines) is 1. The summed E-state index contributed by atoms with van der Waals surface area (Å²) in [5.74, 6) is 0.124.